The van der Waals surface area contributed by atoms with Crippen molar-refractivity contribution in [1.29, 1.82) is 0 Å². The molecule has 0 saturated carbocycles. The molecule has 0 radical (unpaired) electrons. The van der Waals surface area contributed by atoms with Gasteiger partial charge in [0.15, 0.2) is 5.69 Å². The summed E-state index contributed by atoms with van der Waals surface area (Å²) in [5.74, 6) is -2.10. The lowest BCUT2D eigenvalue weighted by atomic mass is 9.99. The molecular weight excluding hydrogens is 420 g/mol. The van der Waals surface area contributed by atoms with Crippen molar-refractivity contribution >= 4 is 11.9 Å². The zero-order valence-corrected chi connectivity index (χ0v) is 19.5. The number of benzene rings is 2. The second kappa shape index (κ2) is 9.48. The quantitative estimate of drug-likeness (QED) is 0.510. The van der Waals surface area contributed by atoms with Crippen LogP contribution in [0.4, 0.5) is 0 Å². The van der Waals surface area contributed by atoms with Crippen molar-refractivity contribution in [2.24, 2.45) is 0 Å². The first-order valence-corrected chi connectivity index (χ1v) is 11.1. The lowest BCUT2D eigenvalue weighted by Gasteiger charge is -2.21. The Kier molecular flexibility index (Phi) is 6.91. The third-order valence-electron chi connectivity index (χ3n) is 5.65. The maximum atomic E-state index is 13.3. The highest BCUT2D eigenvalue weighted by Gasteiger charge is 2.30. The largest absolute Gasteiger partial charge is 0.478 e. The summed E-state index contributed by atoms with van der Waals surface area (Å²) >= 11 is 0. The molecule has 33 heavy (non-hydrogen) atoms. The highest BCUT2D eigenvalue weighted by atomic mass is 16.4. The first kappa shape index (κ1) is 24.0. The van der Waals surface area contributed by atoms with E-state index in [2.05, 4.69) is 0 Å². The number of nitrogens with zero attached hydrogens (tertiary/aromatic N) is 2. The van der Waals surface area contributed by atoms with Crippen LogP contribution in [0.5, 0.6) is 0 Å². The molecule has 0 bridgehead atoms. The van der Waals surface area contributed by atoms with E-state index >= 15 is 0 Å². The molecule has 2 N–H and O–H groups in total. The van der Waals surface area contributed by atoms with Gasteiger partial charge in [0.05, 0.1) is 17.8 Å². The van der Waals surface area contributed by atoms with E-state index in [9.17, 15) is 24.6 Å². The van der Waals surface area contributed by atoms with Crippen LogP contribution in [0, 0.1) is 0 Å². The molecule has 0 fully saturated rings. The summed E-state index contributed by atoms with van der Waals surface area (Å²) in [7, 11) is 0. The fraction of sp³-hybridized carbons (Fsp3) is 0.346. The minimum atomic E-state index is -1.10. The minimum absolute atomic E-state index is 0.0490. The number of hydrogen-bond donors (Lipinski definition) is 2. The van der Waals surface area contributed by atoms with Gasteiger partial charge in [0, 0.05) is 5.54 Å². The summed E-state index contributed by atoms with van der Waals surface area (Å²) in [5.41, 5.74) is 1.98. The number of imidazole rings is 1. The molecular formula is C26H30N2O5. The lowest BCUT2D eigenvalue weighted by molar-refractivity contribution is 0.0671. The topological polar surface area (TPSA) is 102 Å². The smallest absolute Gasteiger partial charge is 0.354 e. The van der Waals surface area contributed by atoms with Crippen LogP contribution in [0.3, 0.4) is 0 Å². The van der Waals surface area contributed by atoms with E-state index in [1.807, 2.05) is 52.0 Å². The molecule has 0 aliphatic carbocycles. The molecule has 7 heteroatoms. The average Bonchev–Trinajstić information content (AvgIpc) is 3.04. The maximum Gasteiger partial charge on any atom is 0.354 e. The molecule has 3 aromatic rings. The molecule has 174 valence electrons. The number of rotatable bonds is 8. The first-order valence-electron chi connectivity index (χ1n) is 11.1. The number of carboxylic acid groups (broad SMARTS) is 2. The Labute approximate surface area is 192 Å². The van der Waals surface area contributed by atoms with Crippen LogP contribution in [0.25, 0.3) is 11.1 Å². The van der Waals surface area contributed by atoms with Gasteiger partial charge in [-0.25, -0.2) is 14.4 Å². The Balaban J connectivity index is 2.06. The van der Waals surface area contributed by atoms with Gasteiger partial charge in [-0.2, -0.15) is 0 Å². The zero-order chi connectivity index (χ0) is 24.3. The van der Waals surface area contributed by atoms with Gasteiger partial charge in [-0.3, -0.25) is 9.13 Å². The summed E-state index contributed by atoms with van der Waals surface area (Å²) in [5, 5.41) is 19.4. The van der Waals surface area contributed by atoms with Gasteiger partial charge >= 0.3 is 17.6 Å². The second-order valence-corrected chi connectivity index (χ2v) is 9.13. The molecule has 1 aromatic heterocycles. The standard InChI is InChI=1S/C26H30N2O5/c1-5-6-11-21-22(24(31)32)28(26(2,3)4)25(33)27(21)16-17-12-14-18(15-13-17)19-9-7-8-10-20(19)23(29)30/h7-10,12-15H,5-6,11,16H2,1-4H3,(H,29,30)(H,31,32). The third kappa shape index (κ3) is 4.92. The fourth-order valence-corrected chi connectivity index (χ4v) is 4.08. The molecule has 3 rings (SSSR count). The van der Waals surface area contributed by atoms with Crippen molar-refractivity contribution < 1.29 is 19.8 Å². The average molecular weight is 451 g/mol. The van der Waals surface area contributed by atoms with E-state index in [0.717, 1.165) is 24.0 Å². The number of carboxylic acids is 2. The van der Waals surface area contributed by atoms with Gasteiger partial charge in [0.2, 0.25) is 0 Å². The highest BCUT2D eigenvalue weighted by molar-refractivity contribution is 5.96. The van der Waals surface area contributed by atoms with Crippen molar-refractivity contribution in [2.75, 3.05) is 0 Å². The van der Waals surface area contributed by atoms with Crippen LogP contribution in [-0.4, -0.2) is 31.3 Å². The van der Waals surface area contributed by atoms with E-state index in [1.54, 1.807) is 28.8 Å². The Hall–Kier alpha value is -3.61. The molecule has 0 atom stereocenters. The highest BCUT2D eigenvalue weighted by Crippen LogP contribution is 2.25. The van der Waals surface area contributed by atoms with E-state index in [4.69, 9.17) is 0 Å². The van der Waals surface area contributed by atoms with Crippen LogP contribution >= 0.6 is 0 Å². The van der Waals surface area contributed by atoms with Gasteiger partial charge in [0.25, 0.3) is 0 Å². The van der Waals surface area contributed by atoms with Gasteiger partial charge in [-0.1, -0.05) is 55.8 Å². The number of carbonyl (C=O) groups is 2. The summed E-state index contributed by atoms with van der Waals surface area (Å²) in [6, 6.07) is 14.1. The normalized spacial score (nSPS) is 11.5. The molecule has 0 saturated heterocycles. The van der Waals surface area contributed by atoms with Crippen molar-refractivity contribution in [3.8, 4) is 11.1 Å². The minimum Gasteiger partial charge on any atom is -0.478 e. The molecule has 0 aliphatic heterocycles. The van der Waals surface area contributed by atoms with Crippen molar-refractivity contribution in [2.45, 2.75) is 59.0 Å². The van der Waals surface area contributed by atoms with Crippen LogP contribution in [0.1, 0.15) is 72.6 Å². The number of unbranched alkanes of at least 4 members (excludes halogenated alkanes) is 1. The Bertz CT molecular complexity index is 1230. The van der Waals surface area contributed by atoms with Crippen LogP contribution in [-0.2, 0) is 18.5 Å². The van der Waals surface area contributed by atoms with E-state index in [1.165, 1.54) is 4.57 Å². The van der Waals surface area contributed by atoms with E-state index in [0.29, 0.717) is 17.7 Å². The number of hydrogen-bond acceptors (Lipinski definition) is 3. The van der Waals surface area contributed by atoms with Gasteiger partial charge in [-0.15, -0.1) is 0 Å². The maximum absolute atomic E-state index is 13.3. The van der Waals surface area contributed by atoms with Crippen LogP contribution < -0.4 is 5.69 Å². The predicted octanol–water partition coefficient (Wildman–Crippen LogP) is 4.86. The lowest BCUT2D eigenvalue weighted by Crippen LogP contribution is -2.37. The fourth-order valence-electron chi connectivity index (χ4n) is 4.08. The van der Waals surface area contributed by atoms with Crippen molar-refractivity contribution in [1.82, 2.24) is 9.13 Å². The van der Waals surface area contributed by atoms with Crippen molar-refractivity contribution in [3.05, 3.63) is 81.5 Å². The van der Waals surface area contributed by atoms with Crippen molar-refractivity contribution in [3.63, 3.8) is 0 Å². The summed E-state index contributed by atoms with van der Waals surface area (Å²) in [6.07, 6.45) is 2.16. The second-order valence-electron chi connectivity index (χ2n) is 9.13. The molecule has 2 aromatic carbocycles. The van der Waals surface area contributed by atoms with Gasteiger partial charge < -0.3 is 10.2 Å². The Morgan fingerprint density at radius 2 is 1.58 bits per heavy atom. The number of aromatic nitrogens is 2. The monoisotopic (exact) mass is 450 g/mol. The molecule has 7 nitrogen and oxygen atoms in total. The Morgan fingerprint density at radius 1 is 0.939 bits per heavy atom. The molecule has 0 aliphatic rings. The summed E-state index contributed by atoms with van der Waals surface area (Å²) < 4.78 is 2.93. The van der Waals surface area contributed by atoms with E-state index in [-0.39, 0.29) is 23.5 Å². The van der Waals surface area contributed by atoms with Gasteiger partial charge in [0.1, 0.15) is 0 Å². The third-order valence-corrected chi connectivity index (χ3v) is 5.65. The van der Waals surface area contributed by atoms with E-state index < -0.39 is 17.5 Å². The first-order chi connectivity index (χ1) is 15.6. The number of aromatic carboxylic acids is 2. The molecule has 0 amide bonds. The predicted molar refractivity (Wildman–Crippen MR) is 127 cm³/mol. The summed E-state index contributed by atoms with van der Waals surface area (Å²) in [6.45, 7) is 7.73. The molecule has 1 heterocycles. The molecule has 0 spiro atoms. The molecule has 0 unspecified atom stereocenters. The summed E-state index contributed by atoms with van der Waals surface area (Å²) in [4.78, 5) is 37.0. The van der Waals surface area contributed by atoms with Crippen LogP contribution in [0.15, 0.2) is 53.3 Å². The van der Waals surface area contributed by atoms with Gasteiger partial charge in [-0.05, 0) is 56.4 Å². The van der Waals surface area contributed by atoms with Crippen LogP contribution in [0.2, 0.25) is 0 Å². The zero-order valence-electron chi connectivity index (χ0n) is 19.5. The Morgan fingerprint density at radius 3 is 2.12 bits per heavy atom. The SMILES string of the molecule is CCCCc1c(C(=O)O)n(C(C)(C)C)c(=O)n1Cc1ccc(-c2ccccc2C(=O)O)cc1.